The van der Waals surface area contributed by atoms with Crippen molar-refractivity contribution < 1.29 is 9.53 Å². The molecule has 3 rings (SSSR count). The van der Waals surface area contributed by atoms with E-state index in [0.29, 0.717) is 5.56 Å². The summed E-state index contributed by atoms with van der Waals surface area (Å²) in [6.45, 7) is 2.27. The van der Waals surface area contributed by atoms with E-state index in [-0.39, 0.29) is 11.4 Å². The van der Waals surface area contributed by atoms with Gasteiger partial charge < -0.3 is 9.72 Å². The normalized spacial score (nSPS) is 18.1. The number of aromatic amines is 1. The molecule has 1 saturated carbocycles. The first-order valence-electron chi connectivity index (χ1n) is 7.21. The highest BCUT2D eigenvalue weighted by atomic mass is 16.5. The van der Waals surface area contributed by atoms with Gasteiger partial charge in [-0.15, -0.1) is 0 Å². The Morgan fingerprint density at radius 3 is 2.75 bits per heavy atom. The Hall–Kier alpha value is -1.84. The average molecular weight is 272 g/mol. The Bertz CT molecular complexity index is 639. The maximum atomic E-state index is 11.8. The molecule has 0 radical (unpaired) electrons. The van der Waals surface area contributed by atoms with Gasteiger partial charge in [-0.25, -0.2) is 9.78 Å². The van der Waals surface area contributed by atoms with Crippen LogP contribution < -0.4 is 0 Å². The highest BCUT2D eigenvalue weighted by molar-refractivity contribution is 6.01. The second-order valence-electron chi connectivity index (χ2n) is 5.90. The Labute approximate surface area is 118 Å². The summed E-state index contributed by atoms with van der Waals surface area (Å²) in [6.07, 6.45) is 6.11. The molecule has 0 unspecified atom stereocenters. The third-order valence-electron chi connectivity index (χ3n) is 4.45. The number of nitrogens with one attached hydrogen (secondary N) is 1. The zero-order chi connectivity index (χ0) is 14.2. The molecule has 1 aliphatic carbocycles. The van der Waals surface area contributed by atoms with Crippen LogP contribution in [0.1, 0.15) is 55.2 Å². The van der Waals surface area contributed by atoms with Crippen LogP contribution in [0, 0.1) is 0 Å². The van der Waals surface area contributed by atoms with Crippen molar-refractivity contribution in [3.63, 3.8) is 0 Å². The number of esters is 1. The second-order valence-corrected chi connectivity index (χ2v) is 5.90. The lowest BCUT2D eigenvalue weighted by atomic mass is 9.75. The molecule has 0 bridgehead atoms. The molecule has 0 aliphatic heterocycles. The van der Waals surface area contributed by atoms with Crippen LogP contribution in [0.4, 0.5) is 0 Å². The van der Waals surface area contributed by atoms with E-state index in [2.05, 4.69) is 11.9 Å². The van der Waals surface area contributed by atoms with Crippen LogP contribution in [0.5, 0.6) is 0 Å². The first-order chi connectivity index (χ1) is 9.64. The number of benzene rings is 1. The van der Waals surface area contributed by atoms with Crippen molar-refractivity contribution in [2.75, 3.05) is 7.11 Å². The van der Waals surface area contributed by atoms with E-state index in [1.165, 1.54) is 26.4 Å². The van der Waals surface area contributed by atoms with Crippen molar-refractivity contribution >= 4 is 17.0 Å². The molecular weight excluding hydrogens is 252 g/mol. The van der Waals surface area contributed by atoms with Crippen molar-refractivity contribution in [3.8, 4) is 0 Å². The monoisotopic (exact) mass is 272 g/mol. The van der Waals surface area contributed by atoms with Gasteiger partial charge in [0.05, 0.1) is 18.2 Å². The van der Waals surface area contributed by atoms with E-state index in [9.17, 15) is 4.79 Å². The van der Waals surface area contributed by atoms with Gasteiger partial charge in [0.1, 0.15) is 11.3 Å². The lowest BCUT2D eigenvalue weighted by molar-refractivity contribution is 0.0603. The highest BCUT2D eigenvalue weighted by Crippen LogP contribution is 2.38. The number of carbonyl (C=O) groups is 1. The maximum absolute atomic E-state index is 11.8. The molecule has 0 spiro atoms. The Morgan fingerprint density at radius 1 is 1.30 bits per heavy atom. The van der Waals surface area contributed by atoms with E-state index >= 15 is 0 Å². The molecule has 0 saturated heterocycles. The molecule has 106 valence electrons. The third kappa shape index (κ3) is 2.09. The second kappa shape index (κ2) is 4.93. The number of fused-ring (bicyclic) bond motifs is 1. The zero-order valence-electron chi connectivity index (χ0n) is 12.0. The van der Waals surface area contributed by atoms with E-state index in [1.807, 2.05) is 12.1 Å². The summed E-state index contributed by atoms with van der Waals surface area (Å²) in [6, 6.07) is 5.59. The van der Waals surface area contributed by atoms with Gasteiger partial charge in [-0.1, -0.05) is 32.3 Å². The number of aromatic nitrogens is 2. The van der Waals surface area contributed by atoms with Gasteiger partial charge >= 0.3 is 5.97 Å². The lowest BCUT2D eigenvalue weighted by Gasteiger charge is -2.31. The summed E-state index contributed by atoms with van der Waals surface area (Å²) in [5, 5.41) is 0. The van der Waals surface area contributed by atoms with Crippen LogP contribution in [0.3, 0.4) is 0 Å². The van der Waals surface area contributed by atoms with E-state index in [0.717, 1.165) is 29.7 Å². The van der Waals surface area contributed by atoms with Crippen LogP contribution in [0.2, 0.25) is 0 Å². The number of imidazole rings is 1. The van der Waals surface area contributed by atoms with Gasteiger partial charge in [0.2, 0.25) is 0 Å². The smallest absolute Gasteiger partial charge is 0.340 e. The molecule has 1 aromatic heterocycles. The summed E-state index contributed by atoms with van der Waals surface area (Å²) >= 11 is 0. The number of methoxy groups -OCH3 is 1. The van der Waals surface area contributed by atoms with Crippen LogP contribution in [-0.4, -0.2) is 23.0 Å². The molecule has 20 heavy (non-hydrogen) atoms. The van der Waals surface area contributed by atoms with E-state index in [1.54, 1.807) is 6.07 Å². The largest absolute Gasteiger partial charge is 0.465 e. The molecule has 0 amide bonds. The predicted molar refractivity (Wildman–Crippen MR) is 77.9 cm³/mol. The summed E-state index contributed by atoms with van der Waals surface area (Å²) in [5.41, 5.74) is 2.27. The molecule has 2 aromatic rings. The minimum absolute atomic E-state index is 0.102. The van der Waals surface area contributed by atoms with E-state index in [4.69, 9.17) is 9.72 Å². The van der Waals surface area contributed by atoms with Crippen molar-refractivity contribution in [3.05, 3.63) is 29.6 Å². The van der Waals surface area contributed by atoms with Gasteiger partial charge in [-0.05, 0) is 25.0 Å². The first kappa shape index (κ1) is 13.2. The fourth-order valence-corrected chi connectivity index (χ4v) is 3.16. The van der Waals surface area contributed by atoms with Gasteiger partial charge in [0, 0.05) is 5.41 Å². The van der Waals surface area contributed by atoms with Crippen molar-refractivity contribution in [2.24, 2.45) is 0 Å². The third-order valence-corrected chi connectivity index (χ3v) is 4.45. The van der Waals surface area contributed by atoms with Crippen molar-refractivity contribution in [2.45, 2.75) is 44.4 Å². The van der Waals surface area contributed by atoms with Crippen LogP contribution in [-0.2, 0) is 10.2 Å². The minimum atomic E-state index is -0.331. The van der Waals surface area contributed by atoms with Crippen LogP contribution in [0.25, 0.3) is 11.0 Å². The lowest BCUT2D eigenvalue weighted by Crippen LogP contribution is -2.26. The van der Waals surface area contributed by atoms with Crippen molar-refractivity contribution in [1.82, 2.24) is 9.97 Å². The average Bonchev–Trinajstić information content (AvgIpc) is 2.92. The Kier molecular flexibility index (Phi) is 3.24. The van der Waals surface area contributed by atoms with Gasteiger partial charge in [-0.3, -0.25) is 0 Å². The molecule has 1 heterocycles. The van der Waals surface area contributed by atoms with Gasteiger partial charge in [0.25, 0.3) is 0 Å². The number of rotatable bonds is 2. The zero-order valence-corrected chi connectivity index (χ0v) is 12.0. The van der Waals surface area contributed by atoms with E-state index < -0.39 is 0 Å². The van der Waals surface area contributed by atoms with Crippen molar-refractivity contribution in [1.29, 1.82) is 0 Å². The molecule has 1 aromatic carbocycles. The van der Waals surface area contributed by atoms with Gasteiger partial charge in [-0.2, -0.15) is 0 Å². The van der Waals surface area contributed by atoms with Crippen LogP contribution in [0.15, 0.2) is 18.2 Å². The summed E-state index contributed by atoms with van der Waals surface area (Å²) in [7, 11) is 1.40. The number of carbonyl (C=O) groups excluding carboxylic acids is 1. The summed E-state index contributed by atoms with van der Waals surface area (Å²) in [5.74, 6) is 0.672. The fourth-order valence-electron chi connectivity index (χ4n) is 3.16. The topological polar surface area (TPSA) is 55.0 Å². The summed E-state index contributed by atoms with van der Waals surface area (Å²) in [4.78, 5) is 19.9. The molecular formula is C16H20N2O2. The highest BCUT2D eigenvalue weighted by Gasteiger charge is 2.32. The fraction of sp³-hybridized carbons (Fsp3) is 0.500. The number of H-pyrrole nitrogens is 1. The Morgan fingerprint density at radius 2 is 2.05 bits per heavy atom. The molecule has 1 aliphatic rings. The SMILES string of the molecule is COC(=O)c1cccc2[nH]c(C3(C)CCCCC3)nc12. The number of hydrogen-bond donors (Lipinski definition) is 1. The van der Waals surface area contributed by atoms with Crippen LogP contribution >= 0.6 is 0 Å². The minimum Gasteiger partial charge on any atom is -0.465 e. The Balaban J connectivity index is 2.08. The molecule has 1 N–H and O–H groups in total. The number of hydrogen-bond acceptors (Lipinski definition) is 3. The number of nitrogens with zero attached hydrogens (tertiary/aromatic N) is 1. The predicted octanol–water partition coefficient (Wildman–Crippen LogP) is 3.57. The van der Waals surface area contributed by atoms with Gasteiger partial charge in [0.15, 0.2) is 0 Å². The molecule has 1 fully saturated rings. The number of ether oxygens (including phenoxy) is 1. The maximum Gasteiger partial charge on any atom is 0.340 e. The number of para-hydroxylation sites is 1. The first-order valence-corrected chi connectivity index (χ1v) is 7.21. The standard InChI is InChI=1S/C16H20N2O2/c1-16(9-4-3-5-10-16)15-17-12-8-6-7-11(13(12)18-15)14(19)20-2/h6-8H,3-5,9-10H2,1-2H3,(H,17,18). The quantitative estimate of drug-likeness (QED) is 0.850. The molecule has 4 heteroatoms. The molecule has 0 atom stereocenters. The molecule has 4 nitrogen and oxygen atoms in total. The summed E-state index contributed by atoms with van der Waals surface area (Å²) < 4.78 is 4.83.